The van der Waals surface area contributed by atoms with Gasteiger partial charge in [0.25, 0.3) is 0 Å². The summed E-state index contributed by atoms with van der Waals surface area (Å²) in [5.74, 6) is -0.582. The fourth-order valence-electron chi connectivity index (χ4n) is 1.90. The van der Waals surface area contributed by atoms with E-state index >= 15 is 0 Å². The average molecular weight is 276 g/mol. The van der Waals surface area contributed by atoms with E-state index in [-0.39, 0.29) is 11.6 Å². The van der Waals surface area contributed by atoms with Crippen LogP contribution in [0.15, 0.2) is 16.6 Å². The molecule has 0 bridgehead atoms. The van der Waals surface area contributed by atoms with E-state index in [1.165, 1.54) is 12.1 Å². The zero-order valence-electron chi connectivity index (χ0n) is 8.36. The van der Waals surface area contributed by atoms with Crippen molar-refractivity contribution in [1.29, 1.82) is 0 Å². The summed E-state index contributed by atoms with van der Waals surface area (Å²) in [5.41, 5.74) is 0.170. The first-order chi connectivity index (χ1) is 7.13. The number of hydrogen-bond donors (Lipinski definition) is 1. The van der Waals surface area contributed by atoms with E-state index in [0.717, 1.165) is 12.8 Å². The Bertz CT molecular complexity index is 354. The molecule has 0 saturated heterocycles. The van der Waals surface area contributed by atoms with Crippen molar-refractivity contribution in [2.24, 2.45) is 5.92 Å². The van der Waals surface area contributed by atoms with E-state index in [1.54, 1.807) is 7.05 Å². The van der Waals surface area contributed by atoms with Gasteiger partial charge in [0.05, 0.1) is 0 Å². The lowest BCUT2D eigenvalue weighted by Gasteiger charge is -2.17. The molecule has 15 heavy (non-hydrogen) atoms. The van der Waals surface area contributed by atoms with Crippen molar-refractivity contribution in [2.45, 2.75) is 18.9 Å². The Labute approximate surface area is 96.0 Å². The summed E-state index contributed by atoms with van der Waals surface area (Å²) >= 11 is 3.07. The Morgan fingerprint density at radius 2 is 1.87 bits per heavy atom. The van der Waals surface area contributed by atoms with Gasteiger partial charge in [-0.25, -0.2) is 8.78 Å². The van der Waals surface area contributed by atoms with E-state index in [9.17, 15) is 8.78 Å². The van der Waals surface area contributed by atoms with Crippen molar-refractivity contribution in [3.8, 4) is 0 Å². The molecule has 1 aromatic carbocycles. The quantitative estimate of drug-likeness (QED) is 0.892. The van der Waals surface area contributed by atoms with Crippen LogP contribution < -0.4 is 5.32 Å². The summed E-state index contributed by atoms with van der Waals surface area (Å²) in [5, 5.41) is 2.99. The predicted octanol–water partition coefficient (Wildman–Crippen LogP) is 3.40. The highest BCUT2D eigenvalue weighted by Crippen LogP contribution is 2.42. The summed E-state index contributed by atoms with van der Waals surface area (Å²) in [4.78, 5) is 0. The normalized spacial score (nSPS) is 17.9. The molecule has 0 spiro atoms. The van der Waals surface area contributed by atoms with Gasteiger partial charge in [-0.15, -0.1) is 0 Å². The van der Waals surface area contributed by atoms with Crippen molar-refractivity contribution in [1.82, 2.24) is 5.32 Å². The van der Waals surface area contributed by atoms with Crippen molar-refractivity contribution < 1.29 is 8.78 Å². The van der Waals surface area contributed by atoms with Crippen LogP contribution in [0.4, 0.5) is 8.78 Å². The number of nitrogens with one attached hydrogen (secondary N) is 1. The van der Waals surface area contributed by atoms with E-state index in [1.807, 2.05) is 0 Å². The van der Waals surface area contributed by atoms with Crippen molar-refractivity contribution in [3.63, 3.8) is 0 Å². The molecule has 2 rings (SSSR count). The molecule has 82 valence electrons. The minimum absolute atomic E-state index is 0.170. The van der Waals surface area contributed by atoms with Gasteiger partial charge >= 0.3 is 0 Å². The molecule has 1 fully saturated rings. The third kappa shape index (κ3) is 2.21. The van der Waals surface area contributed by atoms with Crippen molar-refractivity contribution >= 4 is 15.9 Å². The molecule has 1 atom stereocenters. The van der Waals surface area contributed by atoms with Crippen LogP contribution >= 0.6 is 15.9 Å². The second-order valence-corrected chi connectivity index (χ2v) is 4.80. The largest absolute Gasteiger partial charge is 0.313 e. The van der Waals surface area contributed by atoms with Gasteiger partial charge in [0, 0.05) is 16.1 Å². The molecule has 1 aromatic rings. The Balaban J connectivity index is 2.40. The summed E-state index contributed by atoms with van der Waals surface area (Å²) in [7, 11) is 1.74. The third-order valence-corrected chi connectivity index (χ3v) is 3.22. The van der Waals surface area contributed by atoms with Crippen LogP contribution in [-0.4, -0.2) is 7.05 Å². The molecule has 1 aliphatic rings. The van der Waals surface area contributed by atoms with Gasteiger partial charge in [-0.05, 0) is 37.9 Å². The van der Waals surface area contributed by atoms with Gasteiger partial charge in [0.15, 0.2) is 0 Å². The number of halogens is 3. The number of rotatable bonds is 3. The average Bonchev–Trinajstić information content (AvgIpc) is 2.94. The lowest BCUT2D eigenvalue weighted by Crippen LogP contribution is -2.21. The molecule has 1 aliphatic carbocycles. The fourth-order valence-corrected chi connectivity index (χ4v) is 2.30. The summed E-state index contributed by atoms with van der Waals surface area (Å²) in [6, 6.07) is 2.43. The molecule has 0 aromatic heterocycles. The molecule has 0 radical (unpaired) electrons. The van der Waals surface area contributed by atoms with Crippen LogP contribution in [0.2, 0.25) is 0 Å². The number of hydrogen-bond acceptors (Lipinski definition) is 1. The Morgan fingerprint density at radius 1 is 1.33 bits per heavy atom. The smallest absolute Gasteiger partial charge is 0.132 e. The topological polar surface area (TPSA) is 12.0 Å². The van der Waals surface area contributed by atoms with Crippen LogP contribution in [0, 0.1) is 17.6 Å². The highest BCUT2D eigenvalue weighted by atomic mass is 79.9. The molecule has 1 saturated carbocycles. The van der Waals surface area contributed by atoms with Crippen molar-refractivity contribution in [2.75, 3.05) is 7.05 Å². The van der Waals surface area contributed by atoms with Crippen LogP contribution in [0.1, 0.15) is 24.4 Å². The first-order valence-corrected chi connectivity index (χ1v) is 5.74. The number of benzene rings is 1. The molecule has 4 heteroatoms. The standard InChI is InChI=1S/C11H12BrF2N/c1-15-11(6-2-3-6)10-8(13)4-7(12)5-9(10)14/h4-6,11,15H,2-3H2,1H3. The molecule has 1 N–H and O–H groups in total. The molecule has 0 heterocycles. The van der Waals surface area contributed by atoms with Crippen LogP contribution in [0.3, 0.4) is 0 Å². The molecule has 0 amide bonds. The third-order valence-electron chi connectivity index (χ3n) is 2.76. The molecular weight excluding hydrogens is 264 g/mol. The monoisotopic (exact) mass is 275 g/mol. The second kappa shape index (κ2) is 4.18. The molecule has 1 nitrogen and oxygen atoms in total. The maximum Gasteiger partial charge on any atom is 0.132 e. The summed E-state index contributed by atoms with van der Waals surface area (Å²) in [6.45, 7) is 0. The maximum atomic E-state index is 13.6. The summed E-state index contributed by atoms with van der Waals surface area (Å²) < 4.78 is 27.7. The second-order valence-electron chi connectivity index (χ2n) is 3.89. The van der Waals surface area contributed by atoms with Gasteiger partial charge in [-0.1, -0.05) is 15.9 Å². The maximum absolute atomic E-state index is 13.6. The first kappa shape index (κ1) is 11.0. The fraction of sp³-hybridized carbons (Fsp3) is 0.455. The predicted molar refractivity (Wildman–Crippen MR) is 58.6 cm³/mol. The molecule has 1 unspecified atom stereocenters. The molecule has 0 aliphatic heterocycles. The van der Waals surface area contributed by atoms with Gasteiger partial charge < -0.3 is 5.32 Å². The van der Waals surface area contributed by atoms with Crippen LogP contribution in [0.5, 0.6) is 0 Å². The van der Waals surface area contributed by atoms with E-state index in [2.05, 4.69) is 21.2 Å². The zero-order valence-corrected chi connectivity index (χ0v) is 9.94. The highest BCUT2D eigenvalue weighted by Gasteiger charge is 2.34. The van der Waals surface area contributed by atoms with E-state index < -0.39 is 11.6 Å². The molecular formula is C11H12BrF2N. The SMILES string of the molecule is CNC(c1c(F)cc(Br)cc1F)C1CC1. The van der Waals surface area contributed by atoms with Crippen LogP contribution in [-0.2, 0) is 0 Å². The minimum Gasteiger partial charge on any atom is -0.313 e. The van der Waals surface area contributed by atoms with Crippen LogP contribution in [0.25, 0.3) is 0 Å². The Kier molecular flexibility index (Phi) is 3.07. The van der Waals surface area contributed by atoms with Gasteiger partial charge in [0.1, 0.15) is 11.6 Å². The lowest BCUT2D eigenvalue weighted by atomic mass is 10.0. The van der Waals surface area contributed by atoms with Gasteiger partial charge in [0.2, 0.25) is 0 Å². The lowest BCUT2D eigenvalue weighted by molar-refractivity contribution is 0.457. The van der Waals surface area contributed by atoms with Gasteiger partial charge in [-0.3, -0.25) is 0 Å². The highest BCUT2D eigenvalue weighted by molar-refractivity contribution is 9.10. The van der Waals surface area contributed by atoms with Crippen molar-refractivity contribution in [3.05, 3.63) is 33.8 Å². The Morgan fingerprint density at radius 3 is 2.27 bits per heavy atom. The minimum atomic E-state index is -0.479. The zero-order chi connectivity index (χ0) is 11.0. The summed E-state index contributed by atoms with van der Waals surface area (Å²) in [6.07, 6.45) is 2.08. The Hall–Kier alpha value is -0.480. The first-order valence-electron chi connectivity index (χ1n) is 4.95. The van der Waals surface area contributed by atoms with E-state index in [4.69, 9.17) is 0 Å². The van der Waals surface area contributed by atoms with Gasteiger partial charge in [-0.2, -0.15) is 0 Å². The van der Waals surface area contributed by atoms with E-state index in [0.29, 0.717) is 10.4 Å².